The highest BCUT2D eigenvalue weighted by Gasteiger charge is 2.32. The molecule has 270 valence electrons. The lowest BCUT2D eigenvalue weighted by atomic mass is 10.2. The highest BCUT2D eigenvalue weighted by molar-refractivity contribution is 7.93. The number of aryl methyl sites for hydroxylation is 1. The number of pyridine rings is 1. The van der Waals surface area contributed by atoms with Crippen LogP contribution in [0.1, 0.15) is 16.8 Å². The van der Waals surface area contributed by atoms with Crippen LogP contribution in [0.3, 0.4) is 0 Å². The minimum absolute atomic E-state index is 0.118. The van der Waals surface area contributed by atoms with Crippen molar-refractivity contribution in [3.63, 3.8) is 0 Å². The van der Waals surface area contributed by atoms with Crippen molar-refractivity contribution in [2.75, 3.05) is 26.1 Å². The van der Waals surface area contributed by atoms with Crippen molar-refractivity contribution in [1.82, 2.24) is 18.5 Å². The zero-order chi connectivity index (χ0) is 37.0. The molecule has 0 spiro atoms. The van der Waals surface area contributed by atoms with Gasteiger partial charge in [-0.25, -0.2) is 21.6 Å². The number of hydrogen-bond acceptors (Lipinski definition) is 11. The maximum atomic E-state index is 14.2. The van der Waals surface area contributed by atoms with Crippen LogP contribution in [0.2, 0.25) is 0 Å². The third kappa shape index (κ3) is 7.84. The lowest BCUT2D eigenvalue weighted by Crippen LogP contribution is -2.21. The minimum Gasteiger partial charge on any atom is -0.609 e. The van der Waals surface area contributed by atoms with Gasteiger partial charge in [-0.15, -0.1) is 0 Å². The van der Waals surface area contributed by atoms with Gasteiger partial charge in [0.15, 0.2) is 22.2 Å². The summed E-state index contributed by atoms with van der Waals surface area (Å²) in [5.41, 5.74) is 3.33. The molecule has 3 aromatic carbocycles. The highest BCUT2D eigenvalue weighted by Crippen LogP contribution is 2.31. The van der Waals surface area contributed by atoms with Crippen molar-refractivity contribution in [1.29, 1.82) is 0 Å². The van der Waals surface area contributed by atoms with Crippen molar-refractivity contribution in [2.45, 2.75) is 34.5 Å². The molecular weight excluding hydrogens is 729 g/mol. The number of ether oxygens (including phenoxy) is 3. The molecule has 0 aliphatic heterocycles. The number of carbonyl (C=O) groups is 1. The number of imidazole rings is 1. The Hall–Kier alpha value is -5.16. The SMILES string of the molecule is COc1ccnc(C[S+]([O-])c2nc3cc(-n4cccc4)ccc3n2S(=O)(=O)c2ccc(OCC(=O)OCCS(=O)(=O)c3ccc(C)cc3)cc2)c1C. The van der Waals surface area contributed by atoms with Crippen molar-refractivity contribution in [3.05, 3.63) is 120 Å². The molecule has 0 aliphatic rings. The fourth-order valence-electron chi connectivity index (χ4n) is 5.31. The Labute approximate surface area is 304 Å². The number of nitrogens with zero attached hydrogens (tertiary/aromatic N) is 4. The molecule has 6 rings (SSSR count). The first-order valence-electron chi connectivity index (χ1n) is 15.8. The molecule has 0 aliphatic carbocycles. The molecule has 3 aromatic heterocycles. The van der Waals surface area contributed by atoms with Gasteiger partial charge in [0.1, 0.15) is 18.1 Å². The van der Waals surface area contributed by atoms with E-state index in [1.807, 2.05) is 36.0 Å². The van der Waals surface area contributed by atoms with E-state index in [1.54, 1.807) is 43.3 Å². The fourth-order valence-corrected chi connectivity index (χ4v) is 9.44. The second kappa shape index (κ2) is 15.2. The van der Waals surface area contributed by atoms with E-state index in [0.29, 0.717) is 22.5 Å². The first-order valence-corrected chi connectivity index (χ1v) is 20.2. The Morgan fingerprint density at radius 3 is 2.29 bits per heavy atom. The summed E-state index contributed by atoms with van der Waals surface area (Å²) < 4.78 is 86.2. The topological polar surface area (TPSA) is 172 Å². The lowest BCUT2D eigenvalue weighted by Gasteiger charge is -2.15. The number of carbonyl (C=O) groups excluding carboxylic acids is 1. The fraction of sp³-hybridized carbons (Fsp3) is 0.194. The van der Waals surface area contributed by atoms with Crippen LogP contribution in [0.15, 0.2) is 118 Å². The smallest absolute Gasteiger partial charge is 0.344 e. The maximum Gasteiger partial charge on any atom is 0.344 e. The zero-order valence-electron chi connectivity index (χ0n) is 28.3. The molecule has 52 heavy (non-hydrogen) atoms. The largest absolute Gasteiger partial charge is 0.609 e. The number of aromatic nitrogens is 4. The van der Waals surface area contributed by atoms with Crippen LogP contribution in [0.4, 0.5) is 0 Å². The van der Waals surface area contributed by atoms with Gasteiger partial charge in [0.2, 0.25) is 0 Å². The molecule has 6 aromatic rings. The molecule has 0 amide bonds. The molecule has 0 radical (unpaired) electrons. The van der Waals surface area contributed by atoms with Crippen molar-refractivity contribution < 1.29 is 40.4 Å². The van der Waals surface area contributed by atoms with Gasteiger partial charge in [-0.3, -0.25) is 4.98 Å². The van der Waals surface area contributed by atoms with Crippen LogP contribution in [0, 0.1) is 13.8 Å². The van der Waals surface area contributed by atoms with E-state index < -0.39 is 49.4 Å². The van der Waals surface area contributed by atoms with E-state index in [2.05, 4.69) is 9.97 Å². The number of benzene rings is 3. The Morgan fingerprint density at radius 1 is 0.904 bits per heavy atom. The summed E-state index contributed by atoms with van der Waals surface area (Å²) in [6.07, 6.45) is 5.21. The van der Waals surface area contributed by atoms with Crippen molar-refractivity contribution >= 4 is 48.0 Å². The summed E-state index contributed by atoms with van der Waals surface area (Å²) >= 11 is -1.96. The monoisotopic (exact) mass is 762 g/mol. The molecule has 0 saturated carbocycles. The molecule has 0 N–H and O–H groups in total. The van der Waals surface area contributed by atoms with E-state index in [1.165, 1.54) is 49.7 Å². The molecule has 0 saturated heterocycles. The van der Waals surface area contributed by atoms with E-state index in [-0.39, 0.29) is 38.6 Å². The third-order valence-corrected chi connectivity index (χ3v) is 12.9. The third-order valence-electron chi connectivity index (χ3n) is 8.13. The summed E-state index contributed by atoms with van der Waals surface area (Å²) in [6.45, 7) is 2.73. The van der Waals surface area contributed by atoms with Crippen molar-refractivity contribution in [2.24, 2.45) is 0 Å². The van der Waals surface area contributed by atoms with E-state index in [9.17, 15) is 26.2 Å². The average Bonchev–Trinajstić information content (AvgIpc) is 3.81. The Bertz CT molecular complexity index is 2430. The summed E-state index contributed by atoms with van der Waals surface area (Å²) in [4.78, 5) is 21.2. The number of rotatable bonds is 14. The van der Waals surface area contributed by atoms with E-state index in [4.69, 9.17) is 14.2 Å². The van der Waals surface area contributed by atoms with Crippen LogP contribution < -0.4 is 9.47 Å². The summed E-state index contributed by atoms with van der Waals surface area (Å²) in [5.74, 6) is -0.590. The van der Waals surface area contributed by atoms with Crippen LogP contribution in [-0.4, -0.2) is 71.9 Å². The predicted octanol–water partition coefficient (Wildman–Crippen LogP) is 4.79. The molecule has 3 heterocycles. The standard InChI is InChI=1S/C36H34N4O9S3/c1-25-6-11-29(12-7-25)51(43,44)21-20-48-35(41)23-49-28-9-13-30(14-10-28)52(45,46)40-33-15-8-27(39-18-4-5-19-39)22-31(33)38-36(40)50(42)24-32-26(2)34(47-3)16-17-37-32/h4-19,22H,20-21,23-24H2,1-3H3. The van der Waals surface area contributed by atoms with E-state index in [0.717, 1.165) is 15.2 Å². The quantitative estimate of drug-likeness (QED) is 0.110. The number of sulfone groups is 1. The maximum absolute atomic E-state index is 14.2. The highest BCUT2D eigenvalue weighted by atomic mass is 32.2. The van der Waals surface area contributed by atoms with Gasteiger partial charge in [0.25, 0.3) is 10.0 Å². The van der Waals surface area contributed by atoms with Crippen LogP contribution in [-0.2, 0) is 46.3 Å². The van der Waals surface area contributed by atoms with Crippen LogP contribution >= 0.6 is 0 Å². The summed E-state index contributed by atoms with van der Waals surface area (Å²) in [6, 6.07) is 22.1. The van der Waals surface area contributed by atoms with Gasteiger partial charge in [-0.1, -0.05) is 17.7 Å². The Balaban J connectivity index is 1.20. The second-order valence-corrected chi connectivity index (χ2v) is 16.9. The molecule has 0 bridgehead atoms. The Kier molecular flexibility index (Phi) is 10.7. The van der Waals surface area contributed by atoms with Crippen molar-refractivity contribution in [3.8, 4) is 17.2 Å². The van der Waals surface area contributed by atoms with Gasteiger partial charge >= 0.3 is 11.1 Å². The van der Waals surface area contributed by atoms with Gasteiger partial charge in [-0.05, 0) is 86.6 Å². The predicted molar refractivity (Wildman–Crippen MR) is 193 cm³/mol. The number of fused-ring (bicyclic) bond motifs is 1. The lowest BCUT2D eigenvalue weighted by molar-refractivity contribution is -0.145. The van der Waals surface area contributed by atoms with E-state index >= 15 is 0 Å². The average molecular weight is 763 g/mol. The normalized spacial score (nSPS) is 12.5. The second-order valence-electron chi connectivity index (χ2n) is 11.6. The molecule has 0 fully saturated rings. The van der Waals surface area contributed by atoms with Gasteiger partial charge < -0.3 is 23.3 Å². The van der Waals surface area contributed by atoms with Crippen LogP contribution in [0.25, 0.3) is 16.7 Å². The molecule has 16 heteroatoms. The number of esters is 1. The molecule has 1 atom stereocenters. The van der Waals surface area contributed by atoms with Crippen LogP contribution in [0.5, 0.6) is 11.5 Å². The zero-order valence-corrected chi connectivity index (χ0v) is 30.8. The Morgan fingerprint density at radius 2 is 1.60 bits per heavy atom. The summed E-state index contributed by atoms with van der Waals surface area (Å²) in [5, 5.41) is -0.184. The number of methoxy groups -OCH3 is 1. The van der Waals surface area contributed by atoms with Gasteiger partial charge in [0.05, 0.1) is 39.4 Å². The van der Waals surface area contributed by atoms with Gasteiger partial charge in [-0.2, -0.15) is 8.96 Å². The minimum atomic E-state index is -4.37. The number of hydrogen-bond donors (Lipinski definition) is 0. The molecule has 13 nitrogen and oxygen atoms in total. The first-order chi connectivity index (χ1) is 24.9. The first kappa shape index (κ1) is 36.6. The summed E-state index contributed by atoms with van der Waals surface area (Å²) in [7, 11) is -6.50. The molecular formula is C36H34N4O9S3. The molecule has 1 unspecified atom stereocenters. The van der Waals surface area contributed by atoms with Gasteiger partial charge in [0, 0.05) is 41.0 Å².